The van der Waals surface area contributed by atoms with Crippen molar-refractivity contribution in [3.05, 3.63) is 70.0 Å². The van der Waals surface area contributed by atoms with E-state index in [-0.39, 0.29) is 5.56 Å². The number of esters is 1. The molecule has 122 valence electrons. The third-order valence-electron chi connectivity index (χ3n) is 3.72. The van der Waals surface area contributed by atoms with E-state index in [0.29, 0.717) is 29.0 Å². The van der Waals surface area contributed by atoms with Crippen LogP contribution in [0.25, 0.3) is 11.0 Å². The van der Waals surface area contributed by atoms with E-state index in [1.807, 2.05) is 30.3 Å². The highest BCUT2D eigenvalue weighted by Crippen LogP contribution is 2.15. The maximum absolute atomic E-state index is 12.3. The van der Waals surface area contributed by atoms with Gasteiger partial charge in [0.2, 0.25) is 0 Å². The van der Waals surface area contributed by atoms with Gasteiger partial charge in [-0.1, -0.05) is 30.3 Å². The number of methoxy groups -OCH3 is 1. The van der Waals surface area contributed by atoms with Crippen LogP contribution in [0.2, 0.25) is 0 Å². The van der Waals surface area contributed by atoms with Crippen molar-refractivity contribution in [2.24, 2.45) is 0 Å². The van der Waals surface area contributed by atoms with Gasteiger partial charge < -0.3 is 14.6 Å². The van der Waals surface area contributed by atoms with Crippen molar-refractivity contribution in [3.63, 3.8) is 0 Å². The van der Waals surface area contributed by atoms with Gasteiger partial charge >= 0.3 is 5.97 Å². The molecular formula is C18H17N3O3. The van der Waals surface area contributed by atoms with Gasteiger partial charge in [-0.25, -0.2) is 9.78 Å². The van der Waals surface area contributed by atoms with E-state index in [0.717, 1.165) is 5.56 Å². The van der Waals surface area contributed by atoms with E-state index >= 15 is 0 Å². The average molecular weight is 323 g/mol. The number of carbonyl (C=O) groups is 1. The van der Waals surface area contributed by atoms with Crippen LogP contribution in [0.3, 0.4) is 0 Å². The summed E-state index contributed by atoms with van der Waals surface area (Å²) in [6.07, 6.45) is 0. The Hall–Kier alpha value is -3.15. The number of rotatable bonds is 4. The molecule has 0 atom stereocenters. The molecule has 0 saturated carbocycles. The lowest BCUT2D eigenvalue weighted by Gasteiger charge is -2.17. The number of carbonyl (C=O) groups excluding carboxylic acids is 1. The molecular weight excluding hydrogens is 306 g/mol. The van der Waals surface area contributed by atoms with Crippen molar-refractivity contribution < 1.29 is 9.53 Å². The lowest BCUT2D eigenvalue weighted by atomic mass is 10.2. The van der Waals surface area contributed by atoms with E-state index in [9.17, 15) is 9.59 Å². The molecule has 0 saturated heterocycles. The smallest absolute Gasteiger partial charge is 0.337 e. The summed E-state index contributed by atoms with van der Waals surface area (Å²) in [4.78, 5) is 32.9. The summed E-state index contributed by atoms with van der Waals surface area (Å²) in [5.41, 5.74) is 2.30. The number of ether oxygens (including phenoxy) is 1. The minimum atomic E-state index is -0.441. The predicted molar refractivity (Wildman–Crippen MR) is 92.3 cm³/mol. The van der Waals surface area contributed by atoms with Crippen LogP contribution in [0.1, 0.15) is 15.9 Å². The molecule has 0 amide bonds. The zero-order valence-corrected chi connectivity index (χ0v) is 13.4. The molecule has 3 aromatic rings. The highest BCUT2D eigenvalue weighted by molar-refractivity contribution is 5.93. The largest absolute Gasteiger partial charge is 0.465 e. The zero-order chi connectivity index (χ0) is 17.1. The van der Waals surface area contributed by atoms with Crippen molar-refractivity contribution in [1.29, 1.82) is 0 Å². The fourth-order valence-electron chi connectivity index (χ4n) is 2.51. The number of aromatic amines is 1. The summed E-state index contributed by atoms with van der Waals surface area (Å²) < 4.78 is 4.72. The summed E-state index contributed by atoms with van der Waals surface area (Å²) in [5, 5.41) is 0. The van der Waals surface area contributed by atoms with Crippen LogP contribution in [0.5, 0.6) is 0 Å². The van der Waals surface area contributed by atoms with Gasteiger partial charge in [-0.05, 0) is 23.8 Å². The molecule has 1 N–H and O–H groups in total. The van der Waals surface area contributed by atoms with Gasteiger partial charge in [-0.15, -0.1) is 0 Å². The monoisotopic (exact) mass is 323 g/mol. The molecule has 24 heavy (non-hydrogen) atoms. The van der Waals surface area contributed by atoms with Gasteiger partial charge in [0.25, 0.3) is 5.56 Å². The second-order valence-corrected chi connectivity index (χ2v) is 5.45. The first-order valence-corrected chi connectivity index (χ1v) is 7.46. The normalized spacial score (nSPS) is 10.6. The highest BCUT2D eigenvalue weighted by Gasteiger charge is 2.12. The first kappa shape index (κ1) is 15.7. The van der Waals surface area contributed by atoms with Crippen LogP contribution in [-0.2, 0) is 11.3 Å². The fraction of sp³-hybridized carbons (Fsp3) is 0.167. The van der Waals surface area contributed by atoms with E-state index in [1.54, 1.807) is 30.1 Å². The maximum atomic E-state index is 12.3. The van der Waals surface area contributed by atoms with Gasteiger partial charge in [0.1, 0.15) is 0 Å². The lowest BCUT2D eigenvalue weighted by Crippen LogP contribution is -2.26. The van der Waals surface area contributed by atoms with Crippen LogP contribution >= 0.6 is 0 Å². The molecule has 0 radical (unpaired) electrons. The van der Waals surface area contributed by atoms with Crippen LogP contribution in [0.15, 0.2) is 53.3 Å². The summed E-state index contributed by atoms with van der Waals surface area (Å²) >= 11 is 0. The van der Waals surface area contributed by atoms with Crippen molar-refractivity contribution in [2.75, 3.05) is 19.1 Å². The third-order valence-corrected chi connectivity index (χ3v) is 3.72. The molecule has 6 nitrogen and oxygen atoms in total. The van der Waals surface area contributed by atoms with E-state index in [4.69, 9.17) is 4.74 Å². The first-order chi connectivity index (χ1) is 11.6. The number of H-pyrrole nitrogens is 1. The average Bonchev–Trinajstić information content (AvgIpc) is 2.60. The summed E-state index contributed by atoms with van der Waals surface area (Å²) in [5.74, 6) is -0.141. The number of anilines is 1. The molecule has 6 heteroatoms. The highest BCUT2D eigenvalue weighted by atomic mass is 16.5. The Balaban J connectivity index is 1.99. The molecule has 2 aromatic carbocycles. The summed E-state index contributed by atoms with van der Waals surface area (Å²) in [7, 11) is 3.13. The first-order valence-electron chi connectivity index (χ1n) is 7.46. The van der Waals surface area contributed by atoms with Crippen LogP contribution in [0, 0.1) is 0 Å². The van der Waals surface area contributed by atoms with Crippen LogP contribution < -0.4 is 10.5 Å². The number of nitrogens with one attached hydrogen (secondary N) is 1. The van der Waals surface area contributed by atoms with Gasteiger partial charge in [0.05, 0.1) is 23.7 Å². The molecule has 0 bridgehead atoms. The third kappa shape index (κ3) is 3.12. The molecule has 0 fully saturated rings. The van der Waals surface area contributed by atoms with E-state index < -0.39 is 5.97 Å². The minimum Gasteiger partial charge on any atom is -0.465 e. The number of hydrogen-bond donors (Lipinski definition) is 1. The van der Waals surface area contributed by atoms with Gasteiger partial charge in [0, 0.05) is 13.6 Å². The summed E-state index contributed by atoms with van der Waals surface area (Å²) in [6.45, 7) is 0.555. The van der Waals surface area contributed by atoms with E-state index in [1.165, 1.54) is 7.11 Å². The second kappa shape index (κ2) is 6.54. The Morgan fingerprint density at radius 3 is 2.67 bits per heavy atom. The zero-order valence-electron chi connectivity index (χ0n) is 13.4. The summed E-state index contributed by atoms with van der Waals surface area (Å²) in [6, 6.07) is 14.7. The standard InChI is InChI=1S/C18H17N3O3/c1-21(11-12-6-4-3-5-7-12)16-17(22)20-14-9-8-13(18(23)24-2)10-15(14)19-16/h3-10H,11H2,1-2H3,(H,20,22). The SMILES string of the molecule is COC(=O)c1ccc2[nH]c(=O)c(N(C)Cc3ccccc3)nc2c1. The fourth-order valence-corrected chi connectivity index (χ4v) is 2.51. The Kier molecular flexibility index (Phi) is 4.29. The second-order valence-electron chi connectivity index (χ2n) is 5.45. The number of hydrogen-bond acceptors (Lipinski definition) is 5. The molecule has 1 heterocycles. The number of fused-ring (bicyclic) bond motifs is 1. The van der Waals surface area contributed by atoms with Gasteiger partial charge in [-0.3, -0.25) is 4.79 Å². The van der Waals surface area contributed by atoms with Gasteiger partial charge in [-0.2, -0.15) is 0 Å². The molecule has 1 aromatic heterocycles. The molecule has 0 unspecified atom stereocenters. The molecule has 0 spiro atoms. The number of aromatic nitrogens is 2. The lowest BCUT2D eigenvalue weighted by molar-refractivity contribution is 0.0601. The Morgan fingerprint density at radius 2 is 1.96 bits per heavy atom. The van der Waals surface area contributed by atoms with Crippen LogP contribution in [0.4, 0.5) is 5.82 Å². The van der Waals surface area contributed by atoms with Crippen molar-refractivity contribution in [2.45, 2.75) is 6.54 Å². The van der Waals surface area contributed by atoms with Crippen LogP contribution in [-0.4, -0.2) is 30.1 Å². The molecule has 0 aliphatic carbocycles. The minimum absolute atomic E-state index is 0.272. The Labute approximate surface area is 138 Å². The topological polar surface area (TPSA) is 75.3 Å². The molecule has 3 rings (SSSR count). The maximum Gasteiger partial charge on any atom is 0.337 e. The number of nitrogens with zero attached hydrogens (tertiary/aromatic N) is 2. The molecule has 0 aliphatic rings. The van der Waals surface area contributed by atoms with Crippen molar-refractivity contribution in [3.8, 4) is 0 Å². The quantitative estimate of drug-likeness (QED) is 0.746. The van der Waals surface area contributed by atoms with Gasteiger partial charge in [0.15, 0.2) is 5.82 Å². The van der Waals surface area contributed by atoms with Crippen molar-refractivity contribution >= 4 is 22.8 Å². The number of benzene rings is 2. The predicted octanol–water partition coefficient (Wildman–Crippen LogP) is 2.35. The molecule has 0 aliphatic heterocycles. The Morgan fingerprint density at radius 1 is 1.21 bits per heavy atom. The Bertz CT molecular complexity index is 935. The van der Waals surface area contributed by atoms with Crippen molar-refractivity contribution in [1.82, 2.24) is 9.97 Å². The van der Waals surface area contributed by atoms with E-state index in [2.05, 4.69) is 9.97 Å².